The number of aromatic carboxylic acids is 1. The molecule has 0 spiro atoms. The van der Waals surface area contributed by atoms with E-state index in [9.17, 15) is 9.90 Å². The van der Waals surface area contributed by atoms with Crippen LogP contribution in [0.3, 0.4) is 0 Å². The van der Waals surface area contributed by atoms with Crippen LogP contribution >= 0.6 is 0 Å². The number of likely N-dealkylation sites (tertiary alicyclic amines) is 1. The molecule has 1 fully saturated rings. The summed E-state index contributed by atoms with van der Waals surface area (Å²) < 4.78 is 0. The molecule has 1 saturated heterocycles. The van der Waals surface area contributed by atoms with Crippen LogP contribution in [0.2, 0.25) is 0 Å². The number of rotatable bonds is 3. The Balaban J connectivity index is 2.13. The quantitative estimate of drug-likeness (QED) is 0.820. The number of benzene rings is 1. The molecule has 1 atom stereocenters. The van der Waals surface area contributed by atoms with Gasteiger partial charge in [-0.05, 0) is 31.2 Å². The molecule has 0 aliphatic carbocycles. The Hall–Kier alpha value is -1.39. The molecule has 0 amide bonds. The number of hydrogen-bond acceptors (Lipinski definition) is 3. The smallest absolute Gasteiger partial charge is 0.335 e. The number of β-amino-alcohol motifs (C(OH)–C–C–N with tert-alkyl or cyclic N) is 1. The van der Waals surface area contributed by atoms with E-state index in [1.54, 1.807) is 18.2 Å². The van der Waals surface area contributed by atoms with Crippen LogP contribution in [0.4, 0.5) is 0 Å². The lowest BCUT2D eigenvalue weighted by atomic mass is 9.93. The molecule has 1 aromatic carbocycles. The van der Waals surface area contributed by atoms with Gasteiger partial charge < -0.3 is 15.1 Å². The zero-order valence-corrected chi connectivity index (χ0v) is 9.89. The van der Waals surface area contributed by atoms with Gasteiger partial charge in [0, 0.05) is 19.5 Å². The van der Waals surface area contributed by atoms with Crippen molar-refractivity contribution < 1.29 is 15.0 Å². The van der Waals surface area contributed by atoms with E-state index in [0.29, 0.717) is 13.0 Å². The topological polar surface area (TPSA) is 60.8 Å². The zero-order valence-electron chi connectivity index (χ0n) is 9.89. The normalized spacial score (nSPS) is 25.1. The van der Waals surface area contributed by atoms with Crippen molar-refractivity contribution in [1.29, 1.82) is 0 Å². The summed E-state index contributed by atoms with van der Waals surface area (Å²) in [7, 11) is 1.98. The Labute approximate surface area is 100 Å². The van der Waals surface area contributed by atoms with E-state index in [2.05, 4.69) is 4.90 Å². The number of nitrogens with zero attached hydrogens (tertiary/aromatic N) is 1. The number of carboxylic acid groups (broad SMARTS) is 1. The van der Waals surface area contributed by atoms with Crippen molar-refractivity contribution in [2.75, 3.05) is 20.1 Å². The Bertz CT molecular complexity index is 432. The summed E-state index contributed by atoms with van der Waals surface area (Å²) in [6.07, 6.45) is 1.25. The summed E-state index contributed by atoms with van der Waals surface area (Å²) in [6.45, 7) is 1.53. The highest BCUT2D eigenvalue weighted by molar-refractivity contribution is 5.87. The monoisotopic (exact) mass is 235 g/mol. The molecule has 17 heavy (non-hydrogen) atoms. The van der Waals surface area contributed by atoms with Crippen molar-refractivity contribution in [3.8, 4) is 0 Å². The van der Waals surface area contributed by atoms with Crippen LogP contribution in [0.5, 0.6) is 0 Å². The molecule has 4 heteroatoms. The second-order valence-electron chi connectivity index (χ2n) is 4.89. The van der Waals surface area contributed by atoms with Gasteiger partial charge in [-0.25, -0.2) is 4.79 Å². The van der Waals surface area contributed by atoms with Crippen LogP contribution in [0.25, 0.3) is 0 Å². The fourth-order valence-electron chi connectivity index (χ4n) is 2.40. The van der Waals surface area contributed by atoms with E-state index in [1.807, 2.05) is 13.1 Å². The molecule has 1 aliphatic rings. The highest BCUT2D eigenvalue weighted by Gasteiger charge is 2.34. The second-order valence-corrected chi connectivity index (χ2v) is 4.89. The third-order valence-electron chi connectivity index (χ3n) is 3.23. The number of likely N-dealkylation sites (N-methyl/N-ethyl adjacent to an activating group) is 1. The summed E-state index contributed by atoms with van der Waals surface area (Å²) in [5.74, 6) is -0.928. The molecule has 0 saturated carbocycles. The standard InChI is InChI=1S/C13H17NO3/c1-14-6-5-13(17,9-14)8-10-3-2-4-11(7-10)12(15)16/h2-4,7,17H,5-6,8-9H2,1H3,(H,15,16). The molecule has 0 bridgehead atoms. The van der Waals surface area contributed by atoms with Crippen molar-refractivity contribution in [3.63, 3.8) is 0 Å². The Morgan fingerprint density at radius 1 is 1.53 bits per heavy atom. The molecule has 4 nitrogen and oxygen atoms in total. The number of carbonyl (C=O) groups is 1. The van der Waals surface area contributed by atoms with Crippen molar-refractivity contribution in [2.24, 2.45) is 0 Å². The lowest BCUT2D eigenvalue weighted by Gasteiger charge is -2.22. The van der Waals surface area contributed by atoms with E-state index in [4.69, 9.17) is 5.11 Å². The van der Waals surface area contributed by atoms with Crippen LogP contribution in [0, 0.1) is 0 Å². The van der Waals surface area contributed by atoms with E-state index in [1.165, 1.54) is 0 Å². The van der Waals surface area contributed by atoms with Crippen LogP contribution in [-0.2, 0) is 6.42 Å². The SMILES string of the molecule is CN1CCC(O)(Cc2cccc(C(=O)O)c2)C1. The second kappa shape index (κ2) is 4.47. The maximum atomic E-state index is 10.9. The van der Waals surface area contributed by atoms with Gasteiger partial charge in [-0.3, -0.25) is 0 Å². The van der Waals surface area contributed by atoms with E-state index < -0.39 is 11.6 Å². The average molecular weight is 235 g/mol. The minimum atomic E-state index is -0.928. The third kappa shape index (κ3) is 2.84. The maximum Gasteiger partial charge on any atom is 0.335 e. The third-order valence-corrected chi connectivity index (χ3v) is 3.23. The lowest BCUT2D eigenvalue weighted by Crippen LogP contribution is -2.34. The summed E-state index contributed by atoms with van der Waals surface area (Å²) in [4.78, 5) is 12.9. The molecule has 0 aromatic heterocycles. The highest BCUT2D eigenvalue weighted by atomic mass is 16.4. The van der Waals surface area contributed by atoms with Gasteiger partial charge in [0.15, 0.2) is 0 Å². The minimum absolute atomic E-state index is 0.275. The van der Waals surface area contributed by atoms with E-state index >= 15 is 0 Å². The Morgan fingerprint density at radius 3 is 2.88 bits per heavy atom. The summed E-state index contributed by atoms with van der Waals surface area (Å²) in [6, 6.07) is 6.79. The molecule has 1 aromatic rings. The molecule has 1 heterocycles. The molecular weight excluding hydrogens is 218 g/mol. The molecule has 2 rings (SSSR count). The highest BCUT2D eigenvalue weighted by Crippen LogP contribution is 2.24. The van der Waals surface area contributed by atoms with Gasteiger partial charge in [0.2, 0.25) is 0 Å². The largest absolute Gasteiger partial charge is 0.478 e. The van der Waals surface area contributed by atoms with Gasteiger partial charge >= 0.3 is 5.97 Å². The van der Waals surface area contributed by atoms with Crippen LogP contribution < -0.4 is 0 Å². The fraction of sp³-hybridized carbons (Fsp3) is 0.462. The van der Waals surface area contributed by atoms with Crippen LogP contribution in [-0.4, -0.2) is 46.8 Å². The van der Waals surface area contributed by atoms with E-state index in [0.717, 1.165) is 18.5 Å². The van der Waals surface area contributed by atoms with Gasteiger partial charge in [0.05, 0.1) is 11.2 Å². The first-order valence-electron chi connectivity index (χ1n) is 5.72. The summed E-state index contributed by atoms with van der Waals surface area (Å²) in [5, 5.41) is 19.3. The zero-order chi connectivity index (χ0) is 12.5. The predicted octanol–water partition coefficient (Wildman–Crippen LogP) is 0.994. The van der Waals surface area contributed by atoms with Gasteiger partial charge in [-0.2, -0.15) is 0 Å². The maximum absolute atomic E-state index is 10.9. The molecule has 1 unspecified atom stereocenters. The van der Waals surface area contributed by atoms with Crippen LogP contribution in [0.15, 0.2) is 24.3 Å². The summed E-state index contributed by atoms with van der Waals surface area (Å²) in [5.41, 5.74) is 0.437. The van der Waals surface area contributed by atoms with Gasteiger partial charge in [-0.1, -0.05) is 12.1 Å². The lowest BCUT2D eigenvalue weighted by molar-refractivity contribution is 0.0521. The minimum Gasteiger partial charge on any atom is -0.478 e. The first-order chi connectivity index (χ1) is 7.98. The van der Waals surface area contributed by atoms with Crippen molar-refractivity contribution in [1.82, 2.24) is 4.90 Å². The number of hydrogen-bond donors (Lipinski definition) is 2. The predicted molar refractivity (Wildman–Crippen MR) is 64.2 cm³/mol. The van der Waals surface area contributed by atoms with Crippen molar-refractivity contribution >= 4 is 5.97 Å². The fourth-order valence-corrected chi connectivity index (χ4v) is 2.40. The van der Waals surface area contributed by atoms with Gasteiger partial charge in [-0.15, -0.1) is 0 Å². The molecule has 92 valence electrons. The average Bonchev–Trinajstić information content (AvgIpc) is 2.58. The molecule has 1 aliphatic heterocycles. The molecular formula is C13H17NO3. The molecule has 0 radical (unpaired) electrons. The first kappa shape index (κ1) is 12.1. The van der Waals surface area contributed by atoms with Gasteiger partial charge in [0.25, 0.3) is 0 Å². The van der Waals surface area contributed by atoms with Crippen LogP contribution in [0.1, 0.15) is 22.3 Å². The van der Waals surface area contributed by atoms with Crippen molar-refractivity contribution in [2.45, 2.75) is 18.4 Å². The molecule has 2 N–H and O–H groups in total. The van der Waals surface area contributed by atoms with Gasteiger partial charge in [0.1, 0.15) is 0 Å². The Morgan fingerprint density at radius 2 is 2.29 bits per heavy atom. The number of aliphatic hydroxyl groups is 1. The van der Waals surface area contributed by atoms with Crippen molar-refractivity contribution in [3.05, 3.63) is 35.4 Å². The first-order valence-corrected chi connectivity index (χ1v) is 5.72. The van der Waals surface area contributed by atoms with E-state index in [-0.39, 0.29) is 5.56 Å². The Kier molecular flexibility index (Phi) is 3.17. The summed E-state index contributed by atoms with van der Waals surface area (Å²) >= 11 is 0. The number of carboxylic acids is 1.